The Bertz CT molecular complexity index is 941. The Labute approximate surface area is 162 Å². The zero-order valence-electron chi connectivity index (χ0n) is 15.4. The maximum atomic E-state index is 11.0. The number of aliphatic hydroxyl groups is 1. The Morgan fingerprint density at radius 1 is 1.25 bits per heavy atom. The number of nitrogens with one attached hydrogen (secondary N) is 1. The van der Waals surface area contributed by atoms with Gasteiger partial charge in [-0.2, -0.15) is 10.2 Å². The van der Waals surface area contributed by atoms with Gasteiger partial charge >= 0.3 is 0 Å². The standard InChI is InChI=1S/C20H22N4O4/c1-13-3-2-4-15(9-13)19-21-20(28-22-19)18-10-17(25)12-23(18)11-14-5-7-16(8-6-14)24(26)27/h2-9,17-18,24-26H,10-12H2,1H3/t17-,18+/m1/s1. The largest absolute Gasteiger partial charge is 0.595 e. The molecule has 8 heteroatoms. The van der Waals surface area contributed by atoms with E-state index in [0.717, 1.165) is 16.7 Å². The van der Waals surface area contributed by atoms with E-state index in [1.54, 1.807) is 24.3 Å². The van der Waals surface area contributed by atoms with Crippen LogP contribution in [0, 0.1) is 12.1 Å². The lowest BCUT2D eigenvalue weighted by atomic mass is 10.1. The van der Waals surface area contributed by atoms with Crippen LogP contribution in [0.4, 0.5) is 5.69 Å². The average Bonchev–Trinajstić information content (AvgIpc) is 3.29. The van der Waals surface area contributed by atoms with Crippen LogP contribution in [-0.2, 0) is 6.54 Å². The molecule has 8 nitrogen and oxygen atoms in total. The van der Waals surface area contributed by atoms with Crippen LogP contribution in [0.2, 0.25) is 0 Å². The highest BCUT2D eigenvalue weighted by Gasteiger charge is 2.36. The molecule has 3 aromatic rings. The molecule has 3 atom stereocenters. The molecule has 0 aliphatic carbocycles. The van der Waals surface area contributed by atoms with Crippen molar-refractivity contribution in [2.75, 3.05) is 6.54 Å². The summed E-state index contributed by atoms with van der Waals surface area (Å²) in [6, 6.07) is 14.5. The number of hydrogen-bond acceptors (Lipinski definition) is 7. The Balaban J connectivity index is 1.53. The summed E-state index contributed by atoms with van der Waals surface area (Å²) >= 11 is 0. The van der Waals surface area contributed by atoms with Gasteiger partial charge < -0.3 is 14.8 Å². The minimum absolute atomic E-state index is 0.180. The summed E-state index contributed by atoms with van der Waals surface area (Å²) in [6.45, 7) is 3.06. The predicted octanol–water partition coefficient (Wildman–Crippen LogP) is 1.76. The Morgan fingerprint density at radius 3 is 2.75 bits per heavy atom. The zero-order valence-corrected chi connectivity index (χ0v) is 15.4. The predicted molar refractivity (Wildman–Crippen MR) is 100 cm³/mol. The second kappa shape index (κ2) is 7.78. The molecule has 0 spiro atoms. The molecule has 28 heavy (non-hydrogen) atoms. The van der Waals surface area contributed by atoms with Crippen molar-refractivity contribution >= 4 is 5.69 Å². The fourth-order valence-corrected chi connectivity index (χ4v) is 3.57. The van der Waals surface area contributed by atoms with Crippen molar-refractivity contribution in [2.24, 2.45) is 0 Å². The van der Waals surface area contributed by atoms with E-state index < -0.39 is 11.3 Å². The summed E-state index contributed by atoms with van der Waals surface area (Å²) in [5, 5.41) is 33.4. The highest BCUT2D eigenvalue weighted by molar-refractivity contribution is 5.55. The van der Waals surface area contributed by atoms with Gasteiger partial charge in [-0.1, -0.05) is 41.1 Å². The topological polar surface area (TPSA) is 110 Å². The molecule has 1 saturated heterocycles. The second-order valence-corrected chi connectivity index (χ2v) is 7.16. The number of rotatable bonds is 5. The van der Waals surface area contributed by atoms with Crippen LogP contribution < -0.4 is 5.23 Å². The molecule has 1 unspecified atom stereocenters. The van der Waals surface area contributed by atoms with Crippen LogP contribution >= 0.6 is 0 Å². The van der Waals surface area contributed by atoms with E-state index in [4.69, 9.17) is 9.73 Å². The van der Waals surface area contributed by atoms with Gasteiger partial charge in [0.1, 0.15) is 0 Å². The molecule has 2 aromatic carbocycles. The molecular formula is C20H22N4O4. The van der Waals surface area contributed by atoms with E-state index in [9.17, 15) is 10.3 Å². The van der Waals surface area contributed by atoms with Gasteiger partial charge in [0.05, 0.1) is 12.1 Å². The molecule has 1 aromatic heterocycles. The van der Waals surface area contributed by atoms with Crippen molar-refractivity contribution in [3.8, 4) is 11.4 Å². The van der Waals surface area contributed by atoms with Gasteiger partial charge in [0.2, 0.25) is 11.7 Å². The number of likely N-dealkylation sites (tertiary alicyclic amines) is 1. The first-order chi connectivity index (χ1) is 13.5. The summed E-state index contributed by atoms with van der Waals surface area (Å²) in [6.07, 6.45) is 0.0421. The molecule has 1 aliphatic rings. The molecule has 3 N–H and O–H groups in total. The molecule has 0 saturated carbocycles. The van der Waals surface area contributed by atoms with E-state index in [1.807, 2.05) is 31.2 Å². The Hall–Kier alpha value is -2.62. The number of aromatic nitrogens is 2. The number of nitrogens with zero attached hydrogens (tertiary/aromatic N) is 3. The monoisotopic (exact) mass is 382 g/mol. The first-order valence-corrected chi connectivity index (χ1v) is 9.14. The van der Waals surface area contributed by atoms with Gasteiger partial charge in [-0.25, -0.2) is 5.21 Å². The van der Waals surface area contributed by atoms with Crippen molar-refractivity contribution in [1.82, 2.24) is 15.0 Å². The highest BCUT2D eigenvalue weighted by atomic mass is 16.8. The minimum Gasteiger partial charge on any atom is -0.595 e. The van der Waals surface area contributed by atoms with Gasteiger partial charge in [0.15, 0.2) is 5.69 Å². The van der Waals surface area contributed by atoms with Crippen LogP contribution in [0.3, 0.4) is 0 Å². The van der Waals surface area contributed by atoms with E-state index >= 15 is 0 Å². The molecular weight excluding hydrogens is 360 g/mol. The number of β-amino-alcohol motifs (C(OH)–C–C–N with tert-alkyl or cyclic N) is 1. The number of aryl methyl sites for hydroxylation is 1. The first kappa shape index (κ1) is 18.7. The lowest BCUT2D eigenvalue weighted by molar-refractivity contribution is -0.991. The smallest absolute Gasteiger partial charge is 0.244 e. The molecule has 2 heterocycles. The van der Waals surface area contributed by atoms with Crippen LogP contribution in [-0.4, -0.2) is 38.0 Å². The van der Waals surface area contributed by atoms with E-state index in [-0.39, 0.29) is 11.7 Å². The van der Waals surface area contributed by atoms with Crippen molar-refractivity contribution in [3.63, 3.8) is 0 Å². The number of benzene rings is 2. The maximum Gasteiger partial charge on any atom is 0.244 e. The van der Waals surface area contributed by atoms with Gasteiger partial charge in [0.25, 0.3) is 0 Å². The van der Waals surface area contributed by atoms with Gasteiger partial charge in [-0.15, -0.1) is 0 Å². The van der Waals surface area contributed by atoms with Crippen molar-refractivity contribution < 1.29 is 20.1 Å². The van der Waals surface area contributed by atoms with E-state index in [0.29, 0.717) is 31.2 Å². The normalized spacial score (nSPS) is 21.1. The molecule has 0 bridgehead atoms. The average molecular weight is 382 g/mol. The highest BCUT2D eigenvalue weighted by Crippen LogP contribution is 2.33. The van der Waals surface area contributed by atoms with Crippen LogP contribution in [0.5, 0.6) is 0 Å². The lowest BCUT2D eigenvalue weighted by Gasteiger charge is -2.21. The van der Waals surface area contributed by atoms with Gasteiger partial charge in [-0.05, 0) is 25.0 Å². The van der Waals surface area contributed by atoms with Crippen molar-refractivity contribution in [2.45, 2.75) is 32.0 Å². The molecule has 4 rings (SSSR count). The third-order valence-electron chi connectivity index (χ3n) is 4.97. The third-order valence-corrected chi connectivity index (χ3v) is 4.97. The number of hydrogen-bond donors (Lipinski definition) is 3. The van der Waals surface area contributed by atoms with Crippen LogP contribution in [0.15, 0.2) is 53.1 Å². The van der Waals surface area contributed by atoms with Gasteiger partial charge in [-0.3, -0.25) is 4.90 Å². The summed E-state index contributed by atoms with van der Waals surface area (Å²) in [5.74, 6) is 1.01. The second-order valence-electron chi connectivity index (χ2n) is 7.16. The Kier molecular flexibility index (Phi) is 5.21. The van der Waals surface area contributed by atoms with E-state index in [1.165, 1.54) is 0 Å². The number of quaternary nitrogens is 1. The van der Waals surface area contributed by atoms with Crippen molar-refractivity contribution in [1.29, 1.82) is 0 Å². The first-order valence-electron chi connectivity index (χ1n) is 9.14. The van der Waals surface area contributed by atoms with Crippen molar-refractivity contribution in [3.05, 3.63) is 70.8 Å². The quantitative estimate of drug-likeness (QED) is 0.577. The summed E-state index contributed by atoms with van der Waals surface area (Å²) in [5.41, 5.74) is 3.22. The molecule has 146 valence electrons. The molecule has 1 aliphatic heterocycles. The van der Waals surface area contributed by atoms with E-state index in [2.05, 4.69) is 15.0 Å². The van der Waals surface area contributed by atoms with Gasteiger partial charge in [0, 0.05) is 30.8 Å². The SMILES string of the molecule is Cc1cccc(-c2noc([C@@H]3C[C@@H](O)CN3Cc3ccc([NH+]([O-])O)cc3)n2)c1. The molecule has 0 radical (unpaired) electrons. The van der Waals surface area contributed by atoms with Crippen LogP contribution in [0.25, 0.3) is 11.4 Å². The fourth-order valence-electron chi connectivity index (χ4n) is 3.57. The summed E-state index contributed by atoms with van der Waals surface area (Å²) < 4.78 is 5.52. The summed E-state index contributed by atoms with van der Waals surface area (Å²) in [7, 11) is 0. The molecule has 0 amide bonds. The minimum atomic E-state index is -0.949. The summed E-state index contributed by atoms with van der Waals surface area (Å²) in [4.78, 5) is 6.64. The maximum absolute atomic E-state index is 11.0. The third kappa shape index (κ3) is 3.96. The lowest BCUT2D eigenvalue weighted by Crippen LogP contribution is -2.99. The molecule has 1 fully saturated rings. The zero-order chi connectivity index (χ0) is 19.7. The number of aliphatic hydroxyl groups excluding tert-OH is 1. The fraction of sp³-hybridized carbons (Fsp3) is 0.300. The Morgan fingerprint density at radius 2 is 2.04 bits per heavy atom. The van der Waals surface area contributed by atoms with Crippen LogP contribution in [0.1, 0.15) is 29.5 Å².